The number of phosphoric ester groups is 2. The molecule has 0 aromatic carbocycles. The molecule has 0 bridgehead atoms. The standard InChI is InChI=1S/C20H27N10O16P3.3Na/c21-15-9-17(25-3-23-15)29(5-27-9)19-13(33)11(31)7(43-19)1-41-47(35,36)45-49(39,40)46-48(37,38)42-2-8-12(32)14(34)20(44-8)30-6-28-10-16(22)24-4-26-18(10)30;;;/h3-8,11-14,19-20,31-34H,1-2H2,(H,35,36)(H,37,38)(H,39,40)(H2,21,23,25)(H2,22,24,26);;;/q;3*+1/p-3/t7-,8-,11-,12-,13-,14-,19-,20-;;;/m1.../s1. The summed E-state index contributed by atoms with van der Waals surface area (Å²) in [5.41, 5.74) is 11.9. The number of aliphatic hydroxyl groups excluding tert-OH is 4. The Morgan fingerprint density at radius 3 is 1.37 bits per heavy atom. The van der Waals surface area contributed by atoms with Gasteiger partial charge in [-0.05, 0) is 0 Å². The van der Waals surface area contributed by atoms with Crippen molar-refractivity contribution in [2.75, 3.05) is 24.7 Å². The molecule has 6 rings (SSSR count). The van der Waals surface area contributed by atoms with Crippen molar-refractivity contribution in [3.05, 3.63) is 25.3 Å². The fourth-order valence-electron chi connectivity index (χ4n) is 4.94. The zero-order valence-electron chi connectivity index (χ0n) is 27.1. The first-order valence-electron chi connectivity index (χ1n) is 13.5. The number of nitrogens with zero attached hydrogens (tertiary/aromatic N) is 8. The van der Waals surface area contributed by atoms with Crippen molar-refractivity contribution < 1.29 is 165 Å². The van der Waals surface area contributed by atoms with E-state index in [-0.39, 0.29) is 123 Å². The van der Waals surface area contributed by atoms with Crippen LogP contribution in [-0.4, -0.2) is 109 Å². The van der Waals surface area contributed by atoms with Crippen molar-refractivity contribution >= 4 is 57.4 Å². The van der Waals surface area contributed by atoms with Crippen molar-refractivity contribution in [2.24, 2.45) is 0 Å². The summed E-state index contributed by atoms with van der Waals surface area (Å²) in [6, 6.07) is 0. The molecule has 6 heterocycles. The van der Waals surface area contributed by atoms with Gasteiger partial charge in [-0.25, -0.2) is 38.5 Å². The molecular formula is C20H24N10Na3O16P3. The van der Waals surface area contributed by atoms with Gasteiger partial charge in [-0.2, -0.15) is 0 Å². The van der Waals surface area contributed by atoms with E-state index in [2.05, 4.69) is 47.6 Å². The van der Waals surface area contributed by atoms with E-state index in [1.807, 2.05) is 0 Å². The molecule has 0 spiro atoms. The molecule has 2 fully saturated rings. The third-order valence-electron chi connectivity index (χ3n) is 7.19. The summed E-state index contributed by atoms with van der Waals surface area (Å²) in [6.45, 7) is -2.26. The zero-order chi connectivity index (χ0) is 35.5. The molecule has 2 aliphatic heterocycles. The van der Waals surface area contributed by atoms with Crippen LogP contribution in [0.5, 0.6) is 0 Å². The summed E-state index contributed by atoms with van der Waals surface area (Å²) in [6.07, 6.45) is -8.47. The van der Waals surface area contributed by atoms with Crippen LogP contribution in [0.4, 0.5) is 11.6 Å². The van der Waals surface area contributed by atoms with E-state index in [4.69, 9.17) is 20.9 Å². The van der Waals surface area contributed by atoms with Crippen molar-refractivity contribution in [2.45, 2.75) is 49.1 Å². The van der Waals surface area contributed by atoms with E-state index in [1.165, 1.54) is 9.13 Å². The van der Waals surface area contributed by atoms with Gasteiger partial charge >= 0.3 is 88.7 Å². The maximum absolute atomic E-state index is 12.3. The molecule has 52 heavy (non-hydrogen) atoms. The molecule has 2 saturated heterocycles. The van der Waals surface area contributed by atoms with E-state index in [0.29, 0.717) is 0 Å². The number of rotatable bonds is 12. The molecule has 10 atom stereocenters. The number of nitrogens with two attached hydrogens (primary N) is 2. The molecule has 4 aromatic heterocycles. The first-order chi connectivity index (χ1) is 23.0. The Labute approximate surface area is 356 Å². The number of aliphatic hydroxyl groups is 4. The van der Waals surface area contributed by atoms with E-state index in [0.717, 1.165) is 25.3 Å². The Balaban J connectivity index is 0.00000243. The van der Waals surface area contributed by atoms with Gasteiger partial charge in [-0.15, -0.1) is 0 Å². The van der Waals surface area contributed by atoms with Crippen LogP contribution in [0.15, 0.2) is 25.3 Å². The SMILES string of the molecule is Nc1ncnc2c1ncn2[C@@H]1O[C@H](COP(=O)([O-])OP(=O)([O-])OP(=O)([O-])OC[C@H]2O[C@@H](n3cnc4c(N)ncnc43)[C@H](O)[C@@H]2O)[C@@H](O)[C@H]1O.[Na+].[Na+].[Na+]. The molecule has 2 unspecified atom stereocenters. The minimum Gasteiger partial charge on any atom is -0.756 e. The van der Waals surface area contributed by atoms with Gasteiger partial charge in [0.15, 0.2) is 35.4 Å². The number of ether oxygens (including phenoxy) is 2. The molecule has 0 aliphatic carbocycles. The predicted octanol–water partition coefficient (Wildman–Crippen LogP) is -13.4. The number of aromatic nitrogens is 8. The Morgan fingerprint density at radius 1 is 0.635 bits per heavy atom. The Morgan fingerprint density at radius 2 is 1.00 bits per heavy atom. The van der Waals surface area contributed by atoms with Gasteiger partial charge in [0.25, 0.3) is 23.5 Å². The largest absolute Gasteiger partial charge is 1.00 e. The second-order valence-corrected chi connectivity index (χ2v) is 14.9. The number of hydrogen-bond donors (Lipinski definition) is 6. The monoisotopic (exact) mass is 822 g/mol. The van der Waals surface area contributed by atoms with Gasteiger partial charge in [0.1, 0.15) is 60.3 Å². The van der Waals surface area contributed by atoms with Gasteiger partial charge < -0.3 is 65.1 Å². The topological polar surface area (TPSA) is 396 Å². The molecule has 8 N–H and O–H groups in total. The molecule has 0 amide bonds. The Bertz CT molecular complexity index is 1880. The molecule has 0 radical (unpaired) electrons. The summed E-state index contributed by atoms with van der Waals surface area (Å²) >= 11 is 0. The van der Waals surface area contributed by atoms with Crippen LogP contribution < -0.4 is 115 Å². The first-order valence-corrected chi connectivity index (χ1v) is 17.9. The second-order valence-electron chi connectivity index (χ2n) is 10.4. The minimum atomic E-state index is -6.31. The average Bonchev–Trinajstić information content (AvgIpc) is 3.77. The number of nitrogen functional groups attached to an aromatic ring is 2. The fraction of sp³-hybridized carbons (Fsp3) is 0.500. The normalized spacial score (nSPS) is 29.4. The molecule has 2 aliphatic rings. The van der Waals surface area contributed by atoms with Crippen LogP contribution in [0, 0.1) is 0 Å². The second kappa shape index (κ2) is 18.0. The Kier molecular flexibility index (Phi) is 16.0. The smallest absolute Gasteiger partial charge is 0.756 e. The van der Waals surface area contributed by atoms with Gasteiger partial charge in [0.05, 0.1) is 25.9 Å². The molecule has 0 saturated carbocycles. The third-order valence-corrected chi connectivity index (χ3v) is 11.3. The summed E-state index contributed by atoms with van der Waals surface area (Å²) in [7, 11) is -18.2. The van der Waals surface area contributed by atoms with Crippen LogP contribution in [-0.2, 0) is 40.8 Å². The van der Waals surface area contributed by atoms with E-state index < -0.39 is 85.8 Å². The Hall–Kier alpha value is -0.130. The maximum Gasteiger partial charge on any atom is 1.00 e. The third kappa shape index (κ3) is 9.87. The van der Waals surface area contributed by atoms with E-state index in [9.17, 15) is 48.8 Å². The van der Waals surface area contributed by atoms with Gasteiger partial charge in [0.2, 0.25) is 0 Å². The number of anilines is 2. The number of fused-ring (bicyclic) bond motifs is 2. The summed E-state index contributed by atoms with van der Waals surface area (Å²) in [4.78, 5) is 60.1. The van der Waals surface area contributed by atoms with Crippen molar-refractivity contribution in [1.29, 1.82) is 0 Å². The zero-order valence-corrected chi connectivity index (χ0v) is 35.8. The predicted molar refractivity (Wildman–Crippen MR) is 148 cm³/mol. The first kappa shape index (κ1) is 46.3. The van der Waals surface area contributed by atoms with Crippen molar-refractivity contribution in [3.8, 4) is 0 Å². The average molecular weight is 822 g/mol. The fourth-order valence-corrected chi connectivity index (χ4v) is 8.33. The summed E-state index contributed by atoms with van der Waals surface area (Å²) in [5, 5.41) is 41.7. The molecule has 32 heteroatoms. The van der Waals surface area contributed by atoms with Crippen molar-refractivity contribution in [3.63, 3.8) is 0 Å². The summed E-state index contributed by atoms with van der Waals surface area (Å²) < 4.78 is 66.4. The van der Waals surface area contributed by atoms with E-state index >= 15 is 0 Å². The minimum absolute atomic E-state index is 0. The van der Waals surface area contributed by atoms with Gasteiger partial charge in [-0.3, -0.25) is 22.8 Å². The number of phosphoric acid groups is 3. The maximum atomic E-state index is 12.3. The molecule has 26 nitrogen and oxygen atoms in total. The van der Waals surface area contributed by atoms with Crippen LogP contribution in [0.25, 0.3) is 22.3 Å². The molecule has 268 valence electrons. The quantitative estimate of drug-likeness (QED) is 0.0570. The van der Waals surface area contributed by atoms with Crippen molar-refractivity contribution in [1.82, 2.24) is 39.0 Å². The van der Waals surface area contributed by atoms with Crippen LogP contribution >= 0.6 is 23.5 Å². The van der Waals surface area contributed by atoms with Crippen LogP contribution in [0.3, 0.4) is 0 Å². The molecular weight excluding hydrogens is 798 g/mol. The number of hydrogen-bond acceptors (Lipinski definition) is 24. The molecule has 4 aromatic rings. The van der Waals surface area contributed by atoms with Crippen LogP contribution in [0.1, 0.15) is 12.5 Å². The van der Waals surface area contributed by atoms with Gasteiger partial charge in [-0.1, -0.05) is 0 Å². The van der Waals surface area contributed by atoms with Gasteiger partial charge in [0, 0.05) is 0 Å². The van der Waals surface area contributed by atoms with E-state index in [1.54, 1.807) is 0 Å². The van der Waals surface area contributed by atoms with Crippen LogP contribution in [0.2, 0.25) is 0 Å². The number of imidazole rings is 2. The summed E-state index contributed by atoms with van der Waals surface area (Å²) in [5.74, 6) is -0.00568.